The summed E-state index contributed by atoms with van der Waals surface area (Å²) in [4.78, 5) is 8.84. The number of aliphatic imine (C=N–C) groups is 1. The summed E-state index contributed by atoms with van der Waals surface area (Å²) in [6, 6.07) is 8.98. The Kier molecular flexibility index (Phi) is 5.32. The van der Waals surface area contributed by atoms with Gasteiger partial charge in [0.05, 0.1) is 23.1 Å². The van der Waals surface area contributed by atoms with Crippen molar-refractivity contribution < 1.29 is 0 Å². The number of imidazole rings is 1. The lowest BCUT2D eigenvalue weighted by atomic mass is 9.94. The van der Waals surface area contributed by atoms with Crippen molar-refractivity contribution in [2.45, 2.75) is 51.7 Å². The van der Waals surface area contributed by atoms with Crippen molar-refractivity contribution in [1.82, 2.24) is 30.0 Å². The summed E-state index contributed by atoms with van der Waals surface area (Å²) in [6.45, 7) is 5.97. The van der Waals surface area contributed by atoms with E-state index in [2.05, 4.69) is 56.0 Å². The number of rotatable bonds is 5. The van der Waals surface area contributed by atoms with Crippen molar-refractivity contribution >= 4 is 17.0 Å². The number of nitrogens with one attached hydrogen (secondary N) is 2. The molecule has 0 spiro atoms. The zero-order chi connectivity index (χ0) is 19.5. The molecule has 2 heterocycles. The van der Waals surface area contributed by atoms with Crippen LogP contribution in [-0.2, 0) is 19.4 Å². The molecule has 0 radical (unpaired) electrons. The molecule has 2 aromatic heterocycles. The van der Waals surface area contributed by atoms with Crippen LogP contribution in [-0.4, -0.2) is 44.9 Å². The number of benzene rings is 1. The summed E-state index contributed by atoms with van der Waals surface area (Å²) in [7, 11) is 1.82. The highest BCUT2D eigenvalue weighted by Gasteiger charge is 2.22. The summed E-state index contributed by atoms with van der Waals surface area (Å²) in [5, 5.41) is 11.8. The predicted molar refractivity (Wildman–Crippen MR) is 113 cm³/mol. The number of para-hydroxylation sites is 2. The minimum Gasteiger partial charge on any atom is -0.355 e. The van der Waals surface area contributed by atoms with Gasteiger partial charge in [-0.25, -0.2) is 4.98 Å². The highest BCUT2D eigenvalue weighted by atomic mass is 15.3. The van der Waals surface area contributed by atoms with Gasteiger partial charge in [0.15, 0.2) is 5.96 Å². The zero-order valence-corrected chi connectivity index (χ0v) is 16.9. The molecule has 1 aromatic carbocycles. The third kappa shape index (κ3) is 3.88. The van der Waals surface area contributed by atoms with Crippen molar-refractivity contribution in [3.63, 3.8) is 0 Å². The highest BCUT2D eigenvalue weighted by Crippen LogP contribution is 2.21. The molecule has 0 aliphatic heterocycles. The molecular formula is C21H29N7. The summed E-state index contributed by atoms with van der Waals surface area (Å²) >= 11 is 0. The molecule has 1 aliphatic rings. The molecule has 1 aliphatic carbocycles. The smallest absolute Gasteiger partial charge is 0.191 e. The molecule has 0 amide bonds. The Morgan fingerprint density at radius 1 is 1.32 bits per heavy atom. The minimum absolute atomic E-state index is 0.364. The van der Waals surface area contributed by atoms with Crippen molar-refractivity contribution in [2.24, 2.45) is 4.99 Å². The van der Waals surface area contributed by atoms with Crippen LogP contribution < -0.4 is 10.6 Å². The van der Waals surface area contributed by atoms with Gasteiger partial charge in [-0.3, -0.25) is 9.67 Å². The van der Waals surface area contributed by atoms with Gasteiger partial charge in [-0.2, -0.15) is 5.10 Å². The molecule has 1 atom stereocenters. The van der Waals surface area contributed by atoms with Crippen LogP contribution in [0.3, 0.4) is 0 Å². The Morgan fingerprint density at radius 2 is 2.18 bits per heavy atom. The van der Waals surface area contributed by atoms with Crippen LogP contribution in [0.5, 0.6) is 0 Å². The molecular weight excluding hydrogens is 350 g/mol. The average molecular weight is 380 g/mol. The van der Waals surface area contributed by atoms with Gasteiger partial charge in [0.2, 0.25) is 0 Å². The highest BCUT2D eigenvalue weighted by molar-refractivity contribution is 5.80. The number of fused-ring (bicyclic) bond motifs is 2. The Balaban J connectivity index is 1.31. The maximum atomic E-state index is 4.76. The molecule has 0 fully saturated rings. The Bertz CT molecular complexity index is 966. The Morgan fingerprint density at radius 3 is 3.00 bits per heavy atom. The van der Waals surface area contributed by atoms with E-state index < -0.39 is 0 Å². The van der Waals surface area contributed by atoms with E-state index in [1.807, 2.05) is 31.6 Å². The van der Waals surface area contributed by atoms with Crippen LogP contribution >= 0.6 is 0 Å². The van der Waals surface area contributed by atoms with Crippen molar-refractivity contribution in [2.75, 3.05) is 13.6 Å². The fourth-order valence-electron chi connectivity index (χ4n) is 3.77. The van der Waals surface area contributed by atoms with Crippen LogP contribution in [0.15, 0.2) is 41.8 Å². The summed E-state index contributed by atoms with van der Waals surface area (Å²) in [6.07, 6.45) is 7.22. The quantitative estimate of drug-likeness (QED) is 0.528. The fraction of sp³-hybridized carbons (Fsp3) is 0.476. The predicted octanol–water partition coefficient (Wildman–Crippen LogP) is 2.54. The largest absolute Gasteiger partial charge is 0.355 e. The molecule has 1 unspecified atom stereocenters. The van der Waals surface area contributed by atoms with Crippen LogP contribution in [0.4, 0.5) is 0 Å². The van der Waals surface area contributed by atoms with Gasteiger partial charge in [0, 0.05) is 44.8 Å². The number of aryl methyl sites for hydroxylation is 1. The average Bonchev–Trinajstić information content (AvgIpc) is 3.31. The van der Waals surface area contributed by atoms with E-state index in [0.29, 0.717) is 12.1 Å². The lowest BCUT2D eigenvalue weighted by Crippen LogP contribution is -2.46. The molecule has 148 valence electrons. The maximum absolute atomic E-state index is 4.76. The van der Waals surface area contributed by atoms with Gasteiger partial charge in [-0.15, -0.1) is 0 Å². The van der Waals surface area contributed by atoms with Crippen LogP contribution in [0.2, 0.25) is 0 Å². The van der Waals surface area contributed by atoms with Gasteiger partial charge < -0.3 is 15.2 Å². The first-order valence-corrected chi connectivity index (χ1v) is 10.1. The van der Waals surface area contributed by atoms with E-state index in [0.717, 1.165) is 49.3 Å². The summed E-state index contributed by atoms with van der Waals surface area (Å²) in [5.41, 5.74) is 4.80. The SMILES string of the molecule is CN=C(NCCn1cnc2ccccc21)NC1CCc2cn(C(C)C)nc2C1. The van der Waals surface area contributed by atoms with Crippen LogP contribution in [0, 0.1) is 0 Å². The van der Waals surface area contributed by atoms with E-state index in [9.17, 15) is 0 Å². The van der Waals surface area contributed by atoms with Crippen molar-refractivity contribution in [3.8, 4) is 0 Å². The molecule has 3 aromatic rings. The second-order valence-electron chi connectivity index (χ2n) is 7.68. The van der Waals surface area contributed by atoms with E-state index in [1.165, 1.54) is 11.3 Å². The summed E-state index contributed by atoms with van der Waals surface area (Å²) < 4.78 is 4.25. The van der Waals surface area contributed by atoms with E-state index in [-0.39, 0.29) is 0 Å². The second kappa shape index (κ2) is 8.04. The van der Waals surface area contributed by atoms with Crippen molar-refractivity contribution in [3.05, 3.63) is 48.0 Å². The van der Waals surface area contributed by atoms with Gasteiger partial charge in [-0.1, -0.05) is 12.1 Å². The third-order valence-electron chi connectivity index (χ3n) is 5.36. The molecule has 0 saturated carbocycles. The molecule has 2 N–H and O–H groups in total. The molecule has 0 saturated heterocycles. The summed E-state index contributed by atoms with van der Waals surface area (Å²) in [5.74, 6) is 0.848. The lowest BCUT2D eigenvalue weighted by molar-refractivity contribution is 0.498. The molecule has 7 nitrogen and oxygen atoms in total. The standard InChI is InChI=1S/C21H29N7/c1-15(2)28-13-16-8-9-17(12-19(16)26-28)25-21(22-3)23-10-11-27-14-24-18-6-4-5-7-20(18)27/h4-7,13-15,17H,8-12H2,1-3H3,(H2,22,23,25). The molecule has 28 heavy (non-hydrogen) atoms. The van der Waals surface area contributed by atoms with Gasteiger partial charge in [0.25, 0.3) is 0 Å². The molecule has 0 bridgehead atoms. The van der Waals surface area contributed by atoms with Gasteiger partial charge in [-0.05, 0) is 44.4 Å². The van der Waals surface area contributed by atoms with Crippen molar-refractivity contribution in [1.29, 1.82) is 0 Å². The fourth-order valence-corrected chi connectivity index (χ4v) is 3.77. The minimum atomic E-state index is 0.364. The van der Waals surface area contributed by atoms with E-state index >= 15 is 0 Å². The zero-order valence-electron chi connectivity index (χ0n) is 16.9. The Hall–Kier alpha value is -2.83. The topological polar surface area (TPSA) is 72.1 Å². The van der Waals surface area contributed by atoms with E-state index in [1.54, 1.807) is 0 Å². The molecule has 7 heteroatoms. The van der Waals surface area contributed by atoms with Crippen LogP contribution in [0.1, 0.15) is 37.6 Å². The first-order chi connectivity index (χ1) is 13.6. The monoisotopic (exact) mass is 379 g/mol. The van der Waals surface area contributed by atoms with Crippen LogP contribution in [0.25, 0.3) is 11.0 Å². The number of nitrogens with zero attached hydrogens (tertiary/aromatic N) is 5. The first kappa shape index (κ1) is 18.5. The van der Waals surface area contributed by atoms with E-state index in [4.69, 9.17) is 5.10 Å². The number of hydrogen-bond donors (Lipinski definition) is 2. The van der Waals surface area contributed by atoms with Gasteiger partial charge in [0.1, 0.15) is 0 Å². The lowest BCUT2D eigenvalue weighted by Gasteiger charge is -2.24. The molecule has 4 rings (SSSR count). The first-order valence-electron chi connectivity index (χ1n) is 10.1. The number of hydrogen-bond acceptors (Lipinski definition) is 3. The number of guanidine groups is 1. The Labute approximate surface area is 165 Å². The third-order valence-corrected chi connectivity index (χ3v) is 5.36. The number of aromatic nitrogens is 4. The van der Waals surface area contributed by atoms with Gasteiger partial charge >= 0.3 is 0 Å². The second-order valence-corrected chi connectivity index (χ2v) is 7.68. The normalized spacial score (nSPS) is 17.1. The maximum Gasteiger partial charge on any atom is 0.191 e.